The molecule has 0 spiro atoms. The predicted molar refractivity (Wildman–Crippen MR) is 56.4 cm³/mol. The molecule has 0 heterocycles. The maximum atomic E-state index is 11.0. The van der Waals surface area contributed by atoms with Crippen LogP contribution in [0.4, 0.5) is 0 Å². The zero-order valence-electron chi connectivity index (χ0n) is 9.13. The van der Waals surface area contributed by atoms with Crippen LogP contribution in [-0.4, -0.2) is 13.0 Å². The lowest BCUT2D eigenvalue weighted by molar-refractivity contribution is -0.121. The van der Waals surface area contributed by atoms with Gasteiger partial charge in [-0.1, -0.05) is 32.9 Å². The number of carbonyl (C=O) groups is 1. The molecule has 2 heteroatoms. The summed E-state index contributed by atoms with van der Waals surface area (Å²) >= 11 is 0. The Labute approximate surface area is 81.4 Å². The molecule has 0 saturated heterocycles. The summed E-state index contributed by atoms with van der Waals surface area (Å²) in [5.41, 5.74) is 0. The molecule has 76 valence electrons. The van der Waals surface area contributed by atoms with Gasteiger partial charge in [0.25, 0.3) is 0 Å². The second-order valence-corrected chi connectivity index (χ2v) is 3.91. The lowest BCUT2D eigenvalue weighted by atomic mass is 10.0. The molecule has 0 aliphatic carbocycles. The average molecular weight is 183 g/mol. The highest BCUT2D eigenvalue weighted by molar-refractivity contribution is 5.75. The van der Waals surface area contributed by atoms with Crippen LogP contribution < -0.4 is 5.32 Å². The van der Waals surface area contributed by atoms with Crippen LogP contribution in [0.2, 0.25) is 0 Å². The number of carbonyl (C=O) groups excluding carboxylic acids is 1. The second kappa shape index (κ2) is 6.70. The van der Waals surface area contributed by atoms with Crippen molar-refractivity contribution < 1.29 is 4.79 Å². The summed E-state index contributed by atoms with van der Waals surface area (Å²) in [5.74, 6) is 1.16. The van der Waals surface area contributed by atoms with Crippen molar-refractivity contribution in [2.24, 2.45) is 11.8 Å². The molecular weight excluding hydrogens is 162 g/mol. The van der Waals surface area contributed by atoms with E-state index in [1.807, 2.05) is 0 Å². The zero-order valence-corrected chi connectivity index (χ0v) is 9.13. The van der Waals surface area contributed by atoms with E-state index in [1.165, 1.54) is 0 Å². The highest BCUT2D eigenvalue weighted by atomic mass is 16.1. The number of nitrogens with one attached hydrogen (secondary N) is 1. The molecule has 0 aromatic heterocycles. The first-order valence-corrected chi connectivity index (χ1v) is 4.93. The van der Waals surface area contributed by atoms with Gasteiger partial charge in [-0.05, 0) is 18.3 Å². The van der Waals surface area contributed by atoms with Crippen molar-refractivity contribution in [1.29, 1.82) is 0 Å². The van der Waals surface area contributed by atoms with E-state index in [2.05, 4.69) is 38.2 Å². The van der Waals surface area contributed by atoms with Crippen LogP contribution in [-0.2, 0) is 4.79 Å². The standard InChI is InChI=1S/C11H21NO/c1-9(2)6-5-7-10(3)8-11(13)12-4/h5,7,9-10H,6,8H2,1-4H3,(H,12,13)/b7-5+/t10-/m1/s1. The fourth-order valence-electron chi connectivity index (χ4n) is 1.05. The minimum absolute atomic E-state index is 0.113. The molecule has 0 saturated carbocycles. The Morgan fingerprint density at radius 1 is 1.38 bits per heavy atom. The van der Waals surface area contributed by atoms with Crippen molar-refractivity contribution in [1.82, 2.24) is 5.32 Å². The molecule has 0 aromatic carbocycles. The summed E-state index contributed by atoms with van der Waals surface area (Å²) in [6, 6.07) is 0. The molecule has 0 aromatic rings. The molecule has 0 rings (SSSR count). The first-order chi connectivity index (χ1) is 6.06. The van der Waals surface area contributed by atoms with E-state index in [4.69, 9.17) is 0 Å². The third-order valence-corrected chi connectivity index (χ3v) is 1.86. The van der Waals surface area contributed by atoms with Crippen LogP contribution in [0.15, 0.2) is 12.2 Å². The van der Waals surface area contributed by atoms with Crippen LogP contribution >= 0.6 is 0 Å². The Morgan fingerprint density at radius 2 is 2.00 bits per heavy atom. The van der Waals surface area contributed by atoms with Gasteiger partial charge in [-0.2, -0.15) is 0 Å². The summed E-state index contributed by atoms with van der Waals surface area (Å²) in [6.45, 7) is 6.44. The van der Waals surface area contributed by atoms with Crippen molar-refractivity contribution in [3.05, 3.63) is 12.2 Å². The Balaban J connectivity index is 3.66. The number of hydrogen-bond acceptors (Lipinski definition) is 1. The lowest BCUT2D eigenvalue weighted by Crippen LogP contribution is -2.19. The molecule has 0 aliphatic heterocycles. The SMILES string of the molecule is CNC(=O)C[C@H](C)/C=C/CC(C)C. The third kappa shape index (κ3) is 7.57. The average Bonchev–Trinajstić information content (AvgIpc) is 2.03. The molecule has 0 bridgehead atoms. The van der Waals surface area contributed by atoms with E-state index in [0.717, 1.165) is 6.42 Å². The Bertz CT molecular complexity index is 173. The molecule has 1 amide bonds. The van der Waals surface area contributed by atoms with Crippen LogP contribution in [0.25, 0.3) is 0 Å². The van der Waals surface area contributed by atoms with Crippen LogP contribution in [0.5, 0.6) is 0 Å². The summed E-state index contributed by atoms with van der Waals surface area (Å²) < 4.78 is 0. The fourth-order valence-corrected chi connectivity index (χ4v) is 1.05. The topological polar surface area (TPSA) is 29.1 Å². The largest absolute Gasteiger partial charge is 0.359 e. The van der Waals surface area contributed by atoms with Gasteiger partial charge in [-0.25, -0.2) is 0 Å². The highest BCUT2D eigenvalue weighted by Crippen LogP contribution is 2.06. The maximum absolute atomic E-state index is 11.0. The fraction of sp³-hybridized carbons (Fsp3) is 0.727. The summed E-state index contributed by atoms with van der Waals surface area (Å²) in [7, 11) is 1.67. The summed E-state index contributed by atoms with van der Waals surface area (Å²) in [4.78, 5) is 11.0. The first kappa shape index (κ1) is 12.2. The number of hydrogen-bond donors (Lipinski definition) is 1. The van der Waals surface area contributed by atoms with Crippen LogP contribution in [0, 0.1) is 11.8 Å². The van der Waals surface area contributed by atoms with E-state index in [1.54, 1.807) is 7.05 Å². The smallest absolute Gasteiger partial charge is 0.220 e. The molecule has 1 N–H and O–H groups in total. The second-order valence-electron chi connectivity index (χ2n) is 3.91. The number of amides is 1. The predicted octanol–water partition coefficient (Wildman–Crippen LogP) is 2.36. The van der Waals surface area contributed by atoms with Gasteiger partial charge in [0.1, 0.15) is 0 Å². The molecule has 0 aliphatic rings. The molecule has 0 radical (unpaired) electrons. The summed E-state index contributed by atoms with van der Waals surface area (Å²) in [5, 5.41) is 2.62. The van der Waals surface area contributed by atoms with Gasteiger partial charge in [0.15, 0.2) is 0 Å². The van der Waals surface area contributed by atoms with Crippen LogP contribution in [0.1, 0.15) is 33.6 Å². The molecule has 0 fully saturated rings. The maximum Gasteiger partial charge on any atom is 0.220 e. The summed E-state index contributed by atoms with van der Waals surface area (Å²) in [6.07, 6.45) is 5.97. The normalized spacial score (nSPS) is 13.6. The Kier molecular flexibility index (Phi) is 6.29. The lowest BCUT2D eigenvalue weighted by Gasteiger charge is -2.04. The van der Waals surface area contributed by atoms with Crippen molar-refractivity contribution >= 4 is 5.91 Å². The van der Waals surface area contributed by atoms with Crippen molar-refractivity contribution in [2.45, 2.75) is 33.6 Å². The molecule has 2 nitrogen and oxygen atoms in total. The van der Waals surface area contributed by atoms with Crippen LogP contribution in [0.3, 0.4) is 0 Å². The van der Waals surface area contributed by atoms with Gasteiger partial charge in [0, 0.05) is 13.5 Å². The minimum atomic E-state index is 0.113. The van der Waals surface area contributed by atoms with Gasteiger partial charge < -0.3 is 5.32 Å². The van der Waals surface area contributed by atoms with Crippen molar-refractivity contribution in [2.75, 3.05) is 7.05 Å². The number of allylic oxidation sites excluding steroid dienone is 2. The zero-order chi connectivity index (χ0) is 10.3. The van der Waals surface area contributed by atoms with Gasteiger partial charge >= 0.3 is 0 Å². The minimum Gasteiger partial charge on any atom is -0.359 e. The third-order valence-electron chi connectivity index (χ3n) is 1.86. The molecular formula is C11H21NO. The van der Waals surface area contributed by atoms with E-state index in [-0.39, 0.29) is 5.91 Å². The first-order valence-electron chi connectivity index (χ1n) is 4.93. The van der Waals surface area contributed by atoms with Gasteiger partial charge in [0.2, 0.25) is 5.91 Å². The Morgan fingerprint density at radius 3 is 2.46 bits per heavy atom. The quantitative estimate of drug-likeness (QED) is 0.651. The molecule has 0 unspecified atom stereocenters. The van der Waals surface area contributed by atoms with Gasteiger partial charge in [-0.15, -0.1) is 0 Å². The van der Waals surface area contributed by atoms with Gasteiger partial charge in [0.05, 0.1) is 0 Å². The molecule has 13 heavy (non-hydrogen) atoms. The van der Waals surface area contributed by atoms with Crippen molar-refractivity contribution in [3.8, 4) is 0 Å². The Hall–Kier alpha value is -0.790. The van der Waals surface area contributed by atoms with Gasteiger partial charge in [-0.3, -0.25) is 4.79 Å². The van der Waals surface area contributed by atoms with E-state index in [0.29, 0.717) is 18.3 Å². The highest BCUT2D eigenvalue weighted by Gasteiger charge is 2.03. The van der Waals surface area contributed by atoms with Crippen molar-refractivity contribution in [3.63, 3.8) is 0 Å². The number of rotatable bonds is 5. The monoisotopic (exact) mass is 183 g/mol. The van der Waals surface area contributed by atoms with E-state index < -0.39 is 0 Å². The molecule has 1 atom stereocenters. The van der Waals surface area contributed by atoms with E-state index in [9.17, 15) is 4.79 Å². The van der Waals surface area contributed by atoms with E-state index >= 15 is 0 Å².